The Morgan fingerprint density at radius 1 is 0.792 bits per heavy atom. The van der Waals surface area contributed by atoms with Crippen molar-refractivity contribution in [2.45, 2.75) is 24.9 Å². The predicted molar refractivity (Wildman–Crippen MR) is 79.5 cm³/mol. The standard InChI is InChI=1S/C10H16N2O8.C2H7NO/c13-7(14)3-5(9(17)18)11-1-2-12-6(10(19)20)4-8(15)16;3-1-2-4/h5-6,11-12H,1-4H2,(H,13,14)(H,15,16)(H,17,18)(H,19,20);4H,1-3H2/t5-,6-;/m0./s1. The maximum Gasteiger partial charge on any atom is 0.321 e. The van der Waals surface area contributed by atoms with Gasteiger partial charge in [0.15, 0.2) is 0 Å². The largest absolute Gasteiger partial charge is 0.481 e. The highest BCUT2D eigenvalue weighted by molar-refractivity contribution is 5.81. The Morgan fingerprint density at radius 2 is 1.08 bits per heavy atom. The van der Waals surface area contributed by atoms with Crippen LogP contribution in [0.15, 0.2) is 0 Å². The van der Waals surface area contributed by atoms with E-state index in [-0.39, 0.29) is 19.7 Å². The molecule has 0 radical (unpaired) electrons. The highest BCUT2D eigenvalue weighted by Gasteiger charge is 2.22. The molecular weight excluding hydrogens is 330 g/mol. The number of carboxylic acids is 4. The zero-order valence-corrected chi connectivity index (χ0v) is 12.8. The van der Waals surface area contributed by atoms with Crippen LogP contribution in [0.1, 0.15) is 12.8 Å². The van der Waals surface area contributed by atoms with Crippen LogP contribution in [0.4, 0.5) is 0 Å². The van der Waals surface area contributed by atoms with Crippen LogP contribution in [-0.4, -0.2) is 87.7 Å². The monoisotopic (exact) mass is 353 g/mol. The summed E-state index contributed by atoms with van der Waals surface area (Å²) in [5.74, 6) is -5.25. The quantitative estimate of drug-likeness (QED) is 0.164. The van der Waals surface area contributed by atoms with E-state index in [0.717, 1.165) is 0 Å². The first-order valence-electron chi connectivity index (χ1n) is 6.82. The molecule has 0 rings (SSSR count). The van der Waals surface area contributed by atoms with Crippen LogP contribution >= 0.6 is 0 Å². The van der Waals surface area contributed by atoms with Gasteiger partial charge in [-0.25, -0.2) is 0 Å². The number of aliphatic hydroxyl groups excluding tert-OH is 1. The van der Waals surface area contributed by atoms with Crippen molar-refractivity contribution in [3.8, 4) is 0 Å². The minimum Gasteiger partial charge on any atom is -0.481 e. The Hall–Kier alpha value is -2.28. The summed E-state index contributed by atoms with van der Waals surface area (Å²) in [6.45, 7) is 0.432. The maximum atomic E-state index is 10.7. The molecule has 0 unspecified atom stereocenters. The van der Waals surface area contributed by atoms with Gasteiger partial charge in [0.05, 0.1) is 19.4 Å². The average Bonchev–Trinajstić information content (AvgIpc) is 2.48. The van der Waals surface area contributed by atoms with Crippen molar-refractivity contribution in [1.29, 1.82) is 0 Å². The Labute approximate surface area is 137 Å². The van der Waals surface area contributed by atoms with Crippen LogP contribution in [-0.2, 0) is 19.2 Å². The Morgan fingerprint density at radius 3 is 1.25 bits per heavy atom. The highest BCUT2D eigenvalue weighted by Crippen LogP contribution is 1.94. The van der Waals surface area contributed by atoms with Gasteiger partial charge in [-0.3, -0.25) is 19.2 Å². The molecule has 24 heavy (non-hydrogen) atoms. The number of carboxylic acid groups (broad SMARTS) is 4. The highest BCUT2D eigenvalue weighted by atomic mass is 16.4. The fraction of sp³-hybridized carbons (Fsp3) is 0.667. The van der Waals surface area contributed by atoms with Gasteiger partial charge in [0.2, 0.25) is 0 Å². The van der Waals surface area contributed by atoms with E-state index < -0.39 is 48.8 Å². The van der Waals surface area contributed by atoms with E-state index in [1.165, 1.54) is 0 Å². The molecule has 9 N–H and O–H groups in total. The van der Waals surface area contributed by atoms with Crippen molar-refractivity contribution in [1.82, 2.24) is 10.6 Å². The molecule has 12 heteroatoms. The SMILES string of the molecule is NCCO.O=C(O)C[C@H](NCCN[C@@H](CC(=O)O)C(=O)O)C(=O)O. The lowest BCUT2D eigenvalue weighted by molar-refractivity contribution is -0.146. The lowest BCUT2D eigenvalue weighted by atomic mass is 10.2. The van der Waals surface area contributed by atoms with Crippen molar-refractivity contribution in [2.24, 2.45) is 5.73 Å². The van der Waals surface area contributed by atoms with Crippen molar-refractivity contribution >= 4 is 23.9 Å². The normalized spacial score (nSPS) is 12.4. The Bertz CT molecular complexity index is 379. The summed E-state index contributed by atoms with van der Waals surface area (Å²) >= 11 is 0. The summed E-state index contributed by atoms with van der Waals surface area (Å²) in [4.78, 5) is 42.2. The van der Waals surface area contributed by atoms with Gasteiger partial charge in [-0.1, -0.05) is 0 Å². The molecule has 0 saturated heterocycles. The smallest absolute Gasteiger partial charge is 0.321 e. The van der Waals surface area contributed by atoms with Crippen LogP contribution in [0.25, 0.3) is 0 Å². The topological polar surface area (TPSA) is 220 Å². The molecule has 140 valence electrons. The summed E-state index contributed by atoms with van der Waals surface area (Å²) in [6.07, 6.45) is -1.24. The fourth-order valence-corrected chi connectivity index (χ4v) is 1.34. The summed E-state index contributed by atoms with van der Waals surface area (Å²) in [6, 6.07) is -2.59. The van der Waals surface area contributed by atoms with Crippen molar-refractivity contribution in [2.75, 3.05) is 26.2 Å². The third-order valence-corrected chi connectivity index (χ3v) is 2.39. The molecule has 0 aliphatic carbocycles. The second-order valence-electron chi connectivity index (χ2n) is 4.40. The fourth-order valence-electron chi connectivity index (χ4n) is 1.34. The van der Waals surface area contributed by atoms with E-state index >= 15 is 0 Å². The molecule has 2 atom stereocenters. The van der Waals surface area contributed by atoms with Gasteiger partial charge in [-0.15, -0.1) is 0 Å². The molecule has 0 heterocycles. The molecule has 0 aromatic heterocycles. The van der Waals surface area contributed by atoms with E-state index in [2.05, 4.69) is 10.6 Å². The van der Waals surface area contributed by atoms with Gasteiger partial charge >= 0.3 is 23.9 Å². The van der Waals surface area contributed by atoms with Crippen molar-refractivity contribution in [3.63, 3.8) is 0 Å². The lowest BCUT2D eigenvalue weighted by Gasteiger charge is -2.15. The average molecular weight is 353 g/mol. The minimum absolute atomic E-state index is 0.0202. The number of carbonyl (C=O) groups is 4. The molecule has 0 aromatic rings. The maximum absolute atomic E-state index is 10.7. The van der Waals surface area contributed by atoms with Crippen molar-refractivity contribution < 1.29 is 44.7 Å². The zero-order chi connectivity index (χ0) is 19.1. The number of nitrogens with one attached hydrogen (secondary N) is 2. The molecule has 0 aliphatic rings. The van der Waals surface area contributed by atoms with Crippen LogP contribution in [0.3, 0.4) is 0 Å². The number of aliphatic hydroxyl groups is 1. The molecule has 0 bridgehead atoms. The predicted octanol–water partition coefficient (Wildman–Crippen LogP) is -3.04. The molecule has 0 saturated carbocycles. The van der Waals surface area contributed by atoms with E-state index in [9.17, 15) is 19.2 Å². The first kappa shape index (κ1) is 24.0. The lowest BCUT2D eigenvalue weighted by Crippen LogP contribution is -2.45. The third-order valence-electron chi connectivity index (χ3n) is 2.39. The van der Waals surface area contributed by atoms with E-state index in [1.807, 2.05) is 0 Å². The second kappa shape index (κ2) is 14.3. The van der Waals surface area contributed by atoms with E-state index in [4.69, 9.17) is 31.3 Å². The van der Waals surface area contributed by atoms with Gasteiger partial charge in [0.25, 0.3) is 0 Å². The van der Waals surface area contributed by atoms with Gasteiger partial charge < -0.3 is 41.9 Å². The second-order valence-corrected chi connectivity index (χ2v) is 4.40. The van der Waals surface area contributed by atoms with Crippen LogP contribution < -0.4 is 16.4 Å². The van der Waals surface area contributed by atoms with Crippen LogP contribution in [0, 0.1) is 0 Å². The number of rotatable bonds is 12. The number of hydrogen-bond donors (Lipinski definition) is 8. The third kappa shape index (κ3) is 14.6. The van der Waals surface area contributed by atoms with Gasteiger partial charge in [-0.2, -0.15) is 0 Å². The first-order chi connectivity index (χ1) is 11.1. The van der Waals surface area contributed by atoms with Gasteiger partial charge in [0, 0.05) is 19.6 Å². The molecule has 0 aliphatic heterocycles. The first-order valence-corrected chi connectivity index (χ1v) is 6.82. The van der Waals surface area contributed by atoms with Crippen LogP contribution in [0.5, 0.6) is 0 Å². The molecule has 0 aromatic carbocycles. The summed E-state index contributed by atoms with van der Waals surface area (Å²) in [5, 5.41) is 47.0. The van der Waals surface area contributed by atoms with E-state index in [0.29, 0.717) is 6.54 Å². The van der Waals surface area contributed by atoms with Crippen LogP contribution in [0.2, 0.25) is 0 Å². The van der Waals surface area contributed by atoms with Gasteiger partial charge in [-0.05, 0) is 0 Å². The number of hydrogen-bond acceptors (Lipinski definition) is 8. The summed E-state index contributed by atoms with van der Waals surface area (Å²) in [5.41, 5.74) is 4.78. The molecule has 0 fully saturated rings. The number of aliphatic carboxylic acids is 4. The summed E-state index contributed by atoms with van der Waals surface area (Å²) in [7, 11) is 0. The van der Waals surface area contributed by atoms with Gasteiger partial charge in [0.1, 0.15) is 12.1 Å². The van der Waals surface area contributed by atoms with E-state index in [1.54, 1.807) is 0 Å². The minimum atomic E-state index is -1.34. The molecule has 12 nitrogen and oxygen atoms in total. The molecule has 0 amide bonds. The Balaban J connectivity index is 0. The zero-order valence-electron chi connectivity index (χ0n) is 12.8. The van der Waals surface area contributed by atoms with Crippen molar-refractivity contribution in [3.05, 3.63) is 0 Å². The molecule has 0 spiro atoms. The number of nitrogens with two attached hydrogens (primary N) is 1. The Kier molecular flexibility index (Phi) is 14.3. The summed E-state index contributed by atoms with van der Waals surface area (Å²) < 4.78 is 0. The molecular formula is C12H23N3O9.